The maximum Gasteiger partial charge on any atom is 0.341 e. The van der Waals surface area contributed by atoms with Crippen LogP contribution in [-0.2, 0) is 16.1 Å². The fourth-order valence-electron chi connectivity index (χ4n) is 4.46. The fraction of sp³-hybridized carbons (Fsp3) is 0.267. The number of rotatable bonds is 10. The third kappa shape index (κ3) is 6.32. The Morgan fingerprint density at radius 2 is 1.64 bits per heavy atom. The zero-order valence-corrected chi connectivity index (χ0v) is 22.0. The second kappa shape index (κ2) is 11.9. The Bertz CT molecular complexity index is 1410. The van der Waals surface area contributed by atoms with Crippen molar-refractivity contribution in [2.24, 2.45) is 0 Å². The summed E-state index contributed by atoms with van der Waals surface area (Å²) in [6, 6.07) is 21.6. The van der Waals surface area contributed by atoms with Crippen LogP contribution in [-0.4, -0.2) is 60.6 Å². The van der Waals surface area contributed by atoms with E-state index in [2.05, 4.69) is 33.7 Å². The minimum atomic E-state index is -1.02. The average molecular weight is 530 g/mol. The van der Waals surface area contributed by atoms with Crippen LogP contribution in [0.25, 0.3) is 17.1 Å². The number of hydrogen-bond donors (Lipinski definition) is 1. The van der Waals surface area contributed by atoms with Crippen molar-refractivity contribution in [2.45, 2.75) is 13.5 Å². The van der Waals surface area contributed by atoms with Gasteiger partial charge >= 0.3 is 5.97 Å². The van der Waals surface area contributed by atoms with E-state index in [0.717, 1.165) is 60.4 Å². The molecule has 1 saturated heterocycles. The summed E-state index contributed by atoms with van der Waals surface area (Å²) in [7, 11) is 1.65. The van der Waals surface area contributed by atoms with Crippen molar-refractivity contribution in [3.8, 4) is 34.3 Å². The molecule has 0 unspecified atom stereocenters. The number of carbonyl (C=O) groups is 1. The normalized spacial score (nSPS) is 13.2. The van der Waals surface area contributed by atoms with Gasteiger partial charge in [-0.2, -0.15) is 0 Å². The number of aryl methyl sites for hydroxylation is 1. The molecule has 1 fully saturated rings. The molecule has 5 rings (SSSR count). The van der Waals surface area contributed by atoms with Crippen molar-refractivity contribution in [2.75, 3.05) is 44.9 Å². The number of morpholine rings is 1. The highest BCUT2D eigenvalue weighted by Crippen LogP contribution is 2.28. The van der Waals surface area contributed by atoms with E-state index in [1.54, 1.807) is 19.2 Å². The summed E-state index contributed by atoms with van der Waals surface area (Å²) < 4.78 is 24.2. The molecule has 0 atom stereocenters. The third-order valence-corrected chi connectivity index (χ3v) is 6.49. The van der Waals surface area contributed by atoms with Gasteiger partial charge in [0.15, 0.2) is 6.61 Å². The Morgan fingerprint density at radius 3 is 2.31 bits per heavy atom. The van der Waals surface area contributed by atoms with Crippen LogP contribution in [0.5, 0.6) is 17.2 Å². The second-order valence-corrected chi connectivity index (χ2v) is 9.17. The highest BCUT2D eigenvalue weighted by molar-refractivity contribution is 5.68. The molecule has 1 aliphatic heterocycles. The predicted octanol–water partition coefficient (Wildman–Crippen LogP) is 4.74. The lowest BCUT2D eigenvalue weighted by Gasteiger charge is -2.29. The van der Waals surface area contributed by atoms with E-state index in [1.807, 2.05) is 43.5 Å². The molecule has 39 heavy (non-hydrogen) atoms. The molecular weight excluding hydrogens is 498 g/mol. The van der Waals surface area contributed by atoms with Crippen LogP contribution in [0.2, 0.25) is 0 Å². The number of methoxy groups -OCH3 is 1. The summed E-state index contributed by atoms with van der Waals surface area (Å²) in [5, 5.41) is 8.85. The number of aromatic nitrogens is 2. The second-order valence-electron chi connectivity index (χ2n) is 9.17. The van der Waals surface area contributed by atoms with Crippen molar-refractivity contribution in [1.82, 2.24) is 9.55 Å². The molecule has 2 heterocycles. The van der Waals surface area contributed by atoms with E-state index in [9.17, 15) is 4.79 Å². The molecule has 0 aliphatic carbocycles. The van der Waals surface area contributed by atoms with Gasteiger partial charge in [-0.1, -0.05) is 0 Å². The number of ether oxygens (including phenoxy) is 4. The summed E-state index contributed by atoms with van der Waals surface area (Å²) >= 11 is 0. The molecular formula is C30H31N3O6. The highest BCUT2D eigenvalue weighted by atomic mass is 16.5. The third-order valence-electron chi connectivity index (χ3n) is 6.49. The van der Waals surface area contributed by atoms with Gasteiger partial charge in [0.2, 0.25) is 0 Å². The smallest absolute Gasteiger partial charge is 0.341 e. The largest absolute Gasteiger partial charge is 0.497 e. The predicted molar refractivity (Wildman–Crippen MR) is 147 cm³/mol. The topological polar surface area (TPSA) is 95.3 Å². The lowest BCUT2D eigenvalue weighted by atomic mass is 10.2. The van der Waals surface area contributed by atoms with Gasteiger partial charge in [0, 0.05) is 36.2 Å². The number of anilines is 1. The summed E-state index contributed by atoms with van der Waals surface area (Å²) in [5.41, 5.74) is 4.67. The molecule has 0 radical (unpaired) electrons. The Kier molecular flexibility index (Phi) is 7.98. The van der Waals surface area contributed by atoms with E-state index in [1.165, 1.54) is 5.69 Å². The zero-order valence-electron chi connectivity index (χ0n) is 22.0. The van der Waals surface area contributed by atoms with E-state index in [4.69, 9.17) is 29.0 Å². The van der Waals surface area contributed by atoms with Crippen LogP contribution in [0, 0.1) is 6.92 Å². The van der Waals surface area contributed by atoms with E-state index in [-0.39, 0.29) is 13.2 Å². The van der Waals surface area contributed by atoms with Crippen molar-refractivity contribution in [3.05, 3.63) is 84.2 Å². The Balaban J connectivity index is 1.38. The zero-order chi connectivity index (χ0) is 27.2. The Labute approximate surface area is 227 Å². The van der Waals surface area contributed by atoms with Gasteiger partial charge < -0.3 is 29.0 Å². The number of benzene rings is 3. The van der Waals surface area contributed by atoms with Crippen LogP contribution >= 0.6 is 0 Å². The fourth-order valence-corrected chi connectivity index (χ4v) is 4.46. The van der Waals surface area contributed by atoms with Gasteiger partial charge in [-0.3, -0.25) is 4.57 Å². The van der Waals surface area contributed by atoms with Gasteiger partial charge in [-0.25, -0.2) is 9.78 Å². The Hall–Kier alpha value is -4.50. The number of nitrogens with zero attached hydrogens (tertiary/aromatic N) is 3. The van der Waals surface area contributed by atoms with Crippen molar-refractivity contribution in [3.63, 3.8) is 0 Å². The van der Waals surface area contributed by atoms with Crippen LogP contribution in [0.3, 0.4) is 0 Å². The molecule has 9 heteroatoms. The number of carboxylic acid groups (broad SMARTS) is 1. The van der Waals surface area contributed by atoms with Gasteiger partial charge in [0.1, 0.15) is 29.7 Å². The number of imidazole rings is 1. The first-order chi connectivity index (χ1) is 19.0. The number of hydrogen-bond acceptors (Lipinski definition) is 7. The van der Waals surface area contributed by atoms with Crippen molar-refractivity contribution in [1.29, 1.82) is 0 Å². The summed E-state index contributed by atoms with van der Waals surface area (Å²) in [6.45, 7) is 4.97. The van der Waals surface area contributed by atoms with Crippen LogP contribution in [0.15, 0.2) is 72.9 Å². The molecule has 0 spiro atoms. The Morgan fingerprint density at radius 1 is 0.949 bits per heavy atom. The maximum atomic E-state index is 10.8. The van der Waals surface area contributed by atoms with Gasteiger partial charge in [0.05, 0.1) is 26.0 Å². The molecule has 1 aliphatic rings. The minimum Gasteiger partial charge on any atom is -0.497 e. The summed E-state index contributed by atoms with van der Waals surface area (Å²) in [4.78, 5) is 18.0. The quantitative estimate of drug-likeness (QED) is 0.315. The molecule has 1 N–H and O–H groups in total. The van der Waals surface area contributed by atoms with E-state index in [0.29, 0.717) is 11.5 Å². The SMILES string of the molecule is COc1ccc(-c2nc(COc3ccc(OCC(=O)O)c(C)c3)cn2-c2ccc(N3CCOCC3)cc2)cc1. The minimum absolute atomic E-state index is 0.261. The summed E-state index contributed by atoms with van der Waals surface area (Å²) in [6.07, 6.45) is 1.99. The molecule has 202 valence electrons. The molecule has 1 aromatic heterocycles. The molecule has 3 aromatic carbocycles. The lowest BCUT2D eigenvalue weighted by Crippen LogP contribution is -2.36. The van der Waals surface area contributed by atoms with Crippen molar-refractivity contribution < 1.29 is 28.8 Å². The molecule has 0 amide bonds. The molecule has 0 bridgehead atoms. The van der Waals surface area contributed by atoms with Crippen LogP contribution in [0.1, 0.15) is 11.3 Å². The first-order valence-electron chi connectivity index (χ1n) is 12.7. The first kappa shape index (κ1) is 26.1. The maximum absolute atomic E-state index is 10.8. The molecule has 4 aromatic rings. The van der Waals surface area contributed by atoms with Gasteiger partial charge in [0.25, 0.3) is 0 Å². The number of aliphatic carboxylic acids is 1. The van der Waals surface area contributed by atoms with Crippen LogP contribution < -0.4 is 19.1 Å². The lowest BCUT2D eigenvalue weighted by molar-refractivity contribution is -0.139. The van der Waals surface area contributed by atoms with E-state index >= 15 is 0 Å². The van der Waals surface area contributed by atoms with Crippen LogP contribution in [0.4, 0.5) is 5.69 Å². The highest BCUT2D eigenvalue weighted by Gasteiger charge is 2.15. The first-order valence-corrected chi connectivity index (χ1v) is 12.7. The standard InChI is InChI=1S/C30H31N3O6/c1-21-17-27(11-12-28(21)39-20-29(34)35)38-19-23-18-33(30(31-23)22-3-9-26(36-2)10-4-22)25-7-5-24(6-8-25)32-13-15-37-16-14-32/h3-12,17-18H,13-16,19-20H2,1-2H3,(H,34,35). The number of carboxylic acids is 1. The monoisotopic (exact) mass is 529 g/mol. The van der Waals surface area contributed by atoms with Gasteiger partial charge in [-0.15, -0.1) is 0 Å². The van der Waals surface area contributed by atoms with Crippen molar-refractivity contribution >= 4 is 11.7 Å². The molecule has 0 saturated carbocycles. The molecule has 9 nitrogen and oxygen atoms in total. The average Bonchev–Trinajstić information content (AvgIpc) is 3.40. The van der Waals surface area contributed by atoms with E-state index < -0.39 is 5.97 Å². The van der Waals surface area contributed by atoms with Gasteiger partial charge in [-0.05, 0) is 79.2 Å². The summed E-state index contributed by atoms with van der Waals surface area (Å²) in [5.74, 6) is 1.71.